The highest BCUT2D eigenvalue weighted by Gasteiger charge is 2.04. The molecule has 18 heavy (non-hydrogen) atoms. The normalized spacial score (nSPS) is 10.3. The first-order valence-electron chi connectivity index (χ1n) is 5.65. The molecular formula is C12H15N3O2S. The van der Waals surface area contributed by atoms with Crippen molar-refractivity contribution in [3.63, 3.8) is 0 Å². The Balaban J connectivity index is 1.99. The van der Waals surface area contributed by atoms with Gasteiger partial charge in [-0.2, -0.15) is 0 Å². The number of aromatic hydroxyl groups is 1. The van der Waals surface area contributed by atoms with Crippen LogP contribution in [0.3, 0.4) is 0 Å². The van der Waals surface area contributed by atoms with Crippen LogP contribution in [-0.2, 0) is 13.0 Å². The third kappa shape index (κ3) is 2.89. The van der Waals surface area contributed by atoms with E-state index in [2.05, 4.69) is 15.5 Å². The number of hydrogen-bond acceptors (Lipinski definition) is 6. The van der Waals surface area contributed by atoms with E-state index in [0.29, 0.717) is 12.3 Å². The number of aryl methyl sites for hydroxylation is 1. The predicted molar refractivity (Wildman–Crippen MR) is 71.3 cm³/mol. The smallest absolute Gasteiger partial charge is 0.205 e. The van der Waals surface area contributed by atoms with Crippen molar-refractivity contribution in [1.82, 2.24) is 10.2 Å². The second-order valence-corrected chi connectivity index (χ2v) is 4.78. The molecule has 6 heteroatoms. The minimum absolute atomic E-state index is 0.142. The monoisotopic (exact) mass is 265 g/mol. The SMILES string of the molecule is CCc1nnc(NCc2ccc(OC)c(O)c2)s1. The summed E-state index contributed by atoms with van der Waals surface area (Å²) < 4.78 is 4.99. The highest BCUT2D eigenvalue weighted by atomic mass is 32.1. The molecule has 1 aromatic carbocycles. The van der Waals surface area contributed by atoms with E-state index in [4.69, 9.17) is 4.74 Å². The van der Waals surface area contributed by atoms with Crippen LogP contribution < -0.4 is 10.1 Å². The van der Waals surface area contributed by atoms with Gasteiger partial charge in [-0.15, -0.1) is 10.2 Å². The maximum absolute atomic E-state index is 9.65. The summed E-state index contributed by atoms with van der Waals surface area (Å²) in [7, 11) is 1.53. The number of methoxy groups -OCH3 is 1. The van der Waals surface area contributed by atoms with E-state index >= 15 is 0 Å². The number of phenols is 1. The van der Waals surface area contributed by atoms with E-state index in [1.807, 2.05) is 13.0 Å². The third-order valence-electron chi connectivity index (χ3n) is 2.46. The van der Waals surface area contributed by atoms with Gasteiger partial charge in [-0.1, -0.05) is 24.3 Å². The summed E-state index contributed by atoms with van der Waals surface area (Å²) in [6.07, 6.45) is 0.892. The van der Waals surface area contributed by atoms with Crippen molar-refractivity contribution in [2.75, 3.05) is 12.4 Å². The zero-order valence-electron chi connectivity index (χ0n) is 10.3. The van der Waals surface area contributed by atoms with Gasteiger partial charge in [0, 0.05) is 6.54 Å². The van der Waals surface area contributed by atoms with Crippen LogP contribution in [0.1, 0.15) is 17.5 Å². The van der Waals surface area contributed by atoms with Crippen LogP contribution >= 0.6 is 11.3 Å². The molecule has 2 N–H and O–H groups in total. The molecule has 0 atom stereocenters. The number of anilines is 1. The number of benzene rings is 1. The second kappa shape index (κ2) is 5.68. The quantitative estimate of drug-likeness (QED) is 0.869. The molecule has 2 aromatic rings. The Morgan fingerprint density at radius 2 is 2.22 bits per heavy atom. The number of aromatic nitrogens is 2. The molecule has 5 nitrogen and oxygen atoms in total. The molecule has 96 valence electrons. The van der Waals surface area contributed by atoms with Gasteiger partial charge >= 0.3 is 0 Å². The number of rotatable bonds is 5. The Labute approximate surface area is 109 Å². The number of phenolic OH excluding ortho intramolecular Hbond substituents is 1. The fraction of sp³-hybridized carbons (Fsp3) is 0.333. The van der Waals surface area contributed by atoms with E-state index in [9.17, 15) is 5.11 Å². The minimum atomic E-state index is 0.142. The fourth-order valence-corrected chi connectivity index (χ4v) is 2.17. The van der Waals surface area contributed by atoms with Crippen LogP contribution in [0.15, 0.2) is 18.2 Å². The molecule has 0 fully saturated rings. The molecule has 0 bridgehead atoms. The van der Waals surface area contributed by atoms with Gasteiger partial charge in [-0.05, 0) is 24.1 Å². The Morgan fingerprint density at radius 1 is 1.39 bits per heavy atom. The van der Waals surface area contributed by atoms with Gasteiger partial charge in [0.15, 0.2) is 11.5 Å². The first-order chi connectivity index (χ1) is 8.72. The maximum Gasteiger partial charge on any atom is 0.205 e. The molecule has 0 spiro atoms. The van der Waals surface area contributed by atoms with Crippen molar-refractivity contribution in [3.8, 4) is 11.5 Å². The van der Waals surface area contributed by atoms with E-state index in [-0.39, 0.29) is 5.75 Å². The Morgan fingerprint density at radius 3 is 2.83 bits per heavy atom. The van der Waals surface area contributed by atoms with E-state index in [1.165, 1.54) is 7.11 Å². The van der Waals surface area contributed by atoms with Crippen molar-refractivity contribution < 1.29 is 9.84 Å². The number of nitrogens with zero attached hydrogens (tertiary/aromatic N) is 2. The fourth-order valence-electron chi connectivity index (χ4n) is 1.49. The highest BCUT2D eigenvalue weighted by molar-refractivity contribution is 7.15. The molecule has 0 saturated heterocycles. The van der Waals surface area contributed by atoms with E-state index in [0.717, 1.165) is 22.1 Å². The van der Waals surface area contributed by atoms with Gasteiger partial charge in [0.2, 0.25) is 5.13 Å². The van der Waals surface area contributed by atoms with Crippen LogP contribution in [0.25, 0.3) is 0 Å². The molecule has 0 unspecified atom stereocenters. The summed E-state index contributed by atoms with van der Waals surface area (Å²) in [6.45, 7) is 2.64. The van der Waals surface area contributed by atoms with Crippen LogP contribution in [0.5, 0.6) is 11.5 Å². The van der Waals surface area contributed by atoms with Gasteiger partial charge in [-0.25, -0.2) is 0 Å². The molecule has 1 heterocycles. The third-order valence-corrected chi connectivity index (χ3v) is 3.48. The molecule has 0 amide bonds. The lowest BCUT2D eigenvalue weighted by Gasteiger charge is -2.06. The molecule has 2 rings (SSSR count). The number of hydrogen-bond donors (Lipinski definition) is 2. The largest absolute Gasteiger partial charge is 0.504 e. The lowest BCUT2D eigenvalue weighted by Crippen LogP contribution is -1.99. The summed E-state index contributed by atoms with van der Waals surface area (Å²) in [5.74, 6) is 0.617. The van der Waals surface area contributed by atoms with Gasteiger partial charge in [0.25, 0.3) is 0 Å². The van der Waals surface area contributed by atoms with Crippen molar-refractivity contribution >= 4 is 16.5 Å². The lowest BCUT2D eigenvalue weighted by molar-refractivity contribution is 0.373. The predicted octanol–water partition coefficient (Wildman–Crippen LogP) is 2.43. The van der Waals surface area contributed by atoms with Crippen molar-refractivity contribution in [2.24, 2.45) is 0 Å². The van der Waals surface area contributed by atoms with Gasteiger partial charge in [0.05, 0.1) is 7.11 Å². The molecule has 0 saturated carbocycles. The number of ether oxygens (including phenoxy) is 1. The highest BCUT2D eigenvalue weighted by Crippen LogP contribution is 2.26. The van der Waals surface area contributed by atoms with Crippen LogP contribution in [-0.4, -0.2) is 22.4 Å². The average Bonchev–Trinajstić information content (AvgIpc) is 2.84. The summed E-state index contributed by atoms with van der Waals surface area (Å²) in [5, 5.41) is 22.7. The Hall–Kier alpha value is -1.82. The van der Waals surface area contributed by atoms with Crippen LogP contribution in [0.4, 0.5) is 5.13 Å². The minimum Gasteiger partial charge on any atom is -0.504 e. The Bertz CT molecular complexity index is 528. The van der Waals surface area contributed by atoms with E-state index < -0.39 is 0 Å². The molecular weight excluding hydrogens is 250 g/mol. The lowest BCUT2D eigenvalue weighted by atomic mass is 10.2. The molecule has 1 aromatic heterocycles. The second-order valence-electron chi connectivity index (χ2n) is 3.71. The average molecular weight is 265 g/mol. The number of nitrogens with one attached hydrogen (secondary N) is 1. The van der Waals surface area contributed by atoms with Gasteiger partial charge in [0.1, 0.15) is 5.01 Å². The zero-order chi connectivity index (χ0) is 13.0. The summed E-state index contributed by atoms with van der Waals surface area (Å²) in [4.78, 5) is 0. The summed E-state index contributed by atoms with van der Waals surface area (Å²) >= 11 is 1.54. The summed E-state index contributed by atoms with van der Waals surface area (Å²) in [6, 6.07) is 5.31. The molecule has 0 aliphatic rings. The van der Waals surface area contributed by atoms with Crippen LogP contribution in [0, 0.1) is 0 Å². The van der Waals surface area contributed by atoms with E-state index in [1.54, 1.807) is 23.5 Å². The van der Waals surface area contributed by atoms with Gasteiger partial charge in [-0.3, -0.25) is 0 Å². The maximum atomic E-state index is 9.65. The van der Waals surface area contributed by atoms with Gasteiger partial charge < -0.3 is 15.2 Å². The zero-order valence-corrected chi connectivity index (χ0v) is 11.1. The molecule has 0 radical (unpaired) electrons. The topological polar surface area (TPSA) is 67.3 Å². The summed E-state index contributed by atoms with van der Waals surface area (Å²) in [5.41, 5.74) is 0.960. The van der Waals surface area contributed by atoms with Crippen molar-refractivity contribution in [3.05, 3.63) is 28.8 Å². The van der Waals surface area contributed by atoms with Crippen molar-refractivity contribution in [2.45, 2.75) is 19.9 Å². The van der Waals surface area contributed by atoms with Crippen LogP contribution in [0.2, 0.25) is 0 Å². The Kier molecular flexibility index (Phi) is 3.99. The molecule has 0 aliphatic carbocycles. The molecule has 0 aliphatic heterocycles. The first kappa shape index (κ1) is 12.6. The van der Waals surface area contributed by atoms with Crippen molar-refractivity contribution in [1.29, 1.82) is 0 Å². The standard InChI is InChI=1S/C12H15N3O2S/c1-3-11-14-15-12(18-11)13-7-8-4-5-10(17-2)9(16)6-8/h4-6,16H,3,7H2,1-2H3,(H,13,15). The first-order valence-corrected chi connectivity index (χ1v) is 6.46.